The highest BCUT2D eigenvalue weighted by molar-refractivity contribution is 7.91. The summed E-state index contributed by atoms with van der Waals surface area (Å²) in [5.74, 6) is -3.75. The van der Waals surface area contributed by atoms with Crippen molar-refractivity contribution in [2.45, 2.75) is 120 Å². The number of ether oxygens (including phenoxy) is 2. The van der Waals surface area contributed by atoms with Gasteiger partial charge >= 0.3 is 12.3 Å². The third kappa shape index (κ3) is 8.72. The Labute approximate surface area is 335 Å². The van der Waals surface area contributed by atoms with Gasteiger partial charge in [-0.15, -0.1) is 13.2 Å². The van der Waals surface area contributed by atoms with Crippen molar-refractivity contribution in [2.24, 2.45) is 23.2 Å². The van der Waals surface area contributed by atoms with Crippen LogP contribution in [-0.2, 0) is 46.8 Å². The fourth-order valence-corrected chi connectivity index (χ4v) is 9.86. The van der Waals surface area contributed by atoms with Crippen LogP contribution in [-0.4, -0.2) is 78.4 Å². The molecule has 2 aromatic rings. The molecule has 2 unspecified atom stereocenters. The minimum atomic E-state index is -4.94. The first-order chi connectivity index (χ1) is 26.6. The predicted molar refractivity (Wildman–Crippen MR) is 203 cm³/mol. The van der Waals surface area contributed by atoms with Crippen molar-refractivity contribution < 1.29 is 50.2 Å². The monoisotopic (exact) mass is 836 g/mol. The van der Waals surface area contributed by atoms with Crippen LogP contribution in [0, 0.1) is 23.2 Å². The average molecular weight is 837 g/mol. The normalized spacial score (nSPS) is 27.1. The smallest absolute Gasteiger partial charge is 0.460 e. The second kappa shape index (κ2) is 14.6. The Morgan fingerprint density at radius 1 is 1.02 bits per heavy atom. The second-order valence-corrected chi connectivity index (χ2v) is 20.2. The molecule has 1 heterocycles. The molecule has 7 rings (SSSR count). The van der Waals surface area contributed by atoms with Gasteiger partial charge in [0.25, 0.3) is 5.91 Å². The van der Waals surface area contributed by atoms with Gasteiger partial charge in [0.05, 0.1) is 17.2 Å². The summed E-state index contributed by atoms with van der Waals surface area (Å²) in [4.78, 5) is 57.9. The van der Waals surface area contributed by atoms with Crippen molar-refractivity contribution >= 4 is 51.0 Å². The number of nitrogens with zero attached hydrogens (tertiary/aromatic N) is 1. The van der Waals surface area contributed by atoms with E-state index in [1.165, 1.54) is 17.0 Å². The van der Waals surface area contributed by atoms with E-state index < -0.39 is 85.6 Å². The minimum Gasteiger partial charge on any atom is -0.460 e. The number of anilines is 1. The third-order valence-corrected chi connectivity index (χ3v) is 14.7. The molecular formula is C40H48ClF3N4O8S. The lowest BCUT2D eigenvalue weighted by atomic mass is 9.84. The molecule has 0 bridgehead atoms. The van der Waals surface area contributed by atoms with Crippen molar-refractivity contribution in [2.75, 3.05) is 11.9 Å². The number of esters is 1. The van der Waals surface area contributed by atoms with E-state index in [1.54, 1.807) is 33.8 Å². The molecule has 1 saturated heterocycles. The Hall–Kier alpha value is -4.05. The van der Waals surface area contributed by atoms with Crippen LogP contribution in [0.4, 0.5) is 18.9 Å². The SMILES string of the molecule is CC(C)(C)[C@H](Nc1cccc(OC(F)(F)F)c1)C(=O)N1C[C@H](OC(=O)C2CCc3c(Cl)cccc3C2)C[C@H]1C(=O)N[C@]1(C(=O)NS(=O)(=O)C2(C)CC2)CC1C1CC1. The quantitative estimate of drug-likeness (QED) is 0.229. The molecular weight excluding hydrogens is 789 g/mol. The molecule has 3 saturated carbocycles. The van der Waals surface area contributed by atoms with Gasteiger partial charge in [0.1, 0.15) is 29.5 Å². The second-order valence-electron chi connectivity index (χ2n) is 17.6. The van der Waals surface area contributed by atoms with E-state index in [0.29, 0.717) is 37.1 Å². The van der Waals surface area contributed by atoms with Crippen LogP contribution in [0.1, 0.15) is 83.8 Å². The minimum absolute atomic E-state index is 0.105. The maximum Gasteiger partial charge on any atom is 0.573 e. The van der Waals surface area contributed by atoms with Crippen LogP contribution in [0.25, 0.3) is 0 Å². The largest absolute Gasteiger partial charge is 0.573 e. The summed E-state index contributed by atoms with van der Waals surface area (Å²) >= 11 is 6.39. The Morgan fingerprint density at radius 3 is 2.37 bits per heavy atom. The Balaban J connectivity index is 1.14. The zero-order valence-electron chi connectivity index (χ0n) is 32.2. The van der Waals surface area contributed by atoms with Crippen molar-refractivity contribution in [3.63, 3.8) is 0 Å². The van der Waals surface area contributed by atoms with Gasteiger partial charge in [-0.1, -0.05) is 50.6 Å². The van der Waals surface area contributed by atoms with E-state index in [4.69, 9.17) is 16.3 Å². The predicted octanol–water partition coefficient (Wildman–Crippen LogP) is 5.67. The van der Waals surface area contributed by atoms with E-state index in [-0.39, 0.29) is 36.9 Å². The van der Waals surface area contributed by atoms with Crippen LogP contribution in [0.3, 0.4) is 0 Å². The Bertz CT molecular complexity index is 2070. The standard InChI is InChI=1S/C40H48ClF3N4O8S/c1-37(2,3)32(45-25-8-6-9-26(18-25)56-40(42,43)44)34(50)48-21-27(55-35(51)24-13-14-28-23(17-24)7-5-10-30(28)41)19-31(48)33(49)46-39(20-29(39)22-11-12-22)36(52)47-57(53,54)38(4)15-16-38/h5-10,18,22,24,27,29,31-32,45H,11-17,19-21H2,1-4H3,(H,46,49)(H,47,52)/t24?,27-,29?,31+,32-,39-/m1/s1. The first kappa shape index (κ1) is 41.1. The summed E-state index contributed by atoms with van der Waals surface area (Å²) in [7, 11) is -4.02. The molecule has 0 aromatic heterocycles. The molecule has 57 heavy (non-hydrogen) atoms. The summed E-state index contributed by atoms with van der Waals surface area (Å²) in [6.45, 7) is 6.63. The third-order valence-electron chi connectivity index (χ3n) is 12.2. The van der Waals surface area contributed by atoms with E-state index in [0.717, 1.165) is 36.1 Å². The Morgan fingerprint density at radius 2 is 1.72 bits per heavy atom. The molecule has 4 aliphatic carbocycles. The summed E-state index contributed by atoms with van der Waals surface area (Å²) in [5.41, 5.74) is -0.298. The van der Waals surface area contributed by atoms with Gasteiger partial charge in [-0.05, 0) is 105 Å². The number of rotatable bonds is 12. The van der Waals surface area contributed by atoms with Crippen molar-refractivity contribution in [1.29, 1.82) is 0 Å². The number of halogens is 4. The van der Waals surface area contributed by atoms with Crippen molar-refractivity contribution in [1.82, 2.24) is 14.9 Å². The lowest BCUT2D eigenvalue weighted by Crippen LogP contribution is -2.59. The highest BCUT2D eigenvalue weighted by Crippen LogP contribution is 2.57. The van der Waals surface area contributed by atoms with Crippen molar-refractivity contribution in [3.8, 4) is 5.75 Å². The molecule has 17 heteroatoms. The number of hydrogen-bond acceptors (Lipinski definition) is 9. The number of alkyl halides is 3. The molecule has 2 aromatic carbocycles. The topological polar surface area (TPSA) is 160 Å². The number of sulfonamides is 1. The van der Waals surface area contributed by atoms with Gasteiger partial charge in [-0.3, -0.25) is 23.9 Å². The Kier molecular flexibility index (Phi) is 10.6. The van der Waals surface area contributed by atoms with Crippen LogP contribution < -0.4 is 20.1 Å². The zero-order chi connectivity index (χ0) is 41.3. The maximum absolute atomic E-state index is 14.7. The number of carbonyl (C=O) groups is 4. The zero-order valence-corrected chi connectivity index (χ0v) is 33.8. The highest BCUT2D eigenvalue weighted by atomic mass is 35.5. The fourth-order valence-electron chi connectivity index (χ4n) is 8.26. The van der Waals surface area contributed by atoms with Gasteiger partial charge in [0.2, 0.25) is 21.8 Å². The molecule has 1 aliphatic heterocycles. The van der Waals surface area contributed by atoms with Crippen LogP contribution in [0.15, 0.2) is 42.5 Å². The van der Waals surface area contributed by atoms with Gasteiger partial charge in [0, 0.05) is 23.2 Å². The highest BCUT2D eigenvalue weighted by Gasteiger charge is 2.67. The fraction of sp³-hybridized carbons (Fsp3) is 0.600. The number of benzene rings is 2. The summed E-state index contributed by atoms with van der Waals surface area (Å²) in [6.07, 6.45) is -1.78. The summed E-state index contributed by atoms with van der Waals surface area (Å²) in [6, 6.07) is 8.24. The van der Waals surface area contributed by atoms with Gasteiger partial charge in [-0.2, -0.15) is 0 Å². The first-order valence-electron chi connectivity index (χ1n) is 19.4. The average Bonchev–Trinajstić information content (AvgIpc) is 4.05. The van der Waals surface area contributed by atoms with Crippen LogP contribution in [0.5, 0.6) is 5.75 Å². The van der Waals surface area contributed by atoms with Gasteiger partial charge < -0.3 is 25.0 Å². The number of likely N-dealkylation sites (tertiary alicyclic amines) is 1. The first-order valence-corrected chi connectivity index (χ1v) is 21.2. The molecule has 0 spiro atoms. The van der Waals surface area contributed by atoms with E-state index >= 15 is 0 Å². The number of fused-ring (bicyclic) bond motifs is 1. The summed E-state index contributed by atoms with van der Waals surface area (Å²) in [5, 5.41) is 6.53. The molecule has 4 fully saturated rings. The van der Waals surface area contributed by atoms with Gasteiger partial charge in [0.15, 0.2) is 0 Å². The molecule has 310 valence electrons. The molecule has 6 atom stereocenters. The van der Waals surface area contributed by atoms with E-state index in [2.05, 4.69) is 20.1 Å². The summed E-state index contributed by atoms with van der Waals surface area (Å²) < 4.78 is 76.7. The van der Waals surface area contributed by atoms with Crippen LogP contribution in [0.2, 0.25) is 5.02 Å². The number of amides is 3. The molecule has 3 amide bonds. The molecule has 3 N–H and O–H groups in total. The molecule has 5 aliphatic rings. The number of hydrogen-bond donors (Lipinski definition) is 3. The number of nitrogens with one attached hydrogen (secondary N) is 3. The molecule has 12 nitrogen and oxygen atoms in total. The lowest BCUT2D eigenvalue weighted by Gasteiger charge is -2.36. The maximum atomic E-state index is 14.7. The van der Waals surface area contributed by atoms with Gasteiger partial charge in [-0.25, -0.2) is 8.42 Å². The van der Waals surface area contributed by atoms with E-state index in [9.17, 15) is 40.8 Å². The van der Waals surface area contributed by atoms with Crippen LogP contribution >= 0.6 is 11.6 Å². The lowest BCUT2D eigenvalue weighted by molar-refractivity contribution is -0.274. The van der Waals surface area contributed by atoms with E-state index in [1.807, 2.05) is 12.1 Å². The van der Waals surface area contributed by atoms with Crippen molar-refractivity contribution in [3.05, 3.63) is 58.6 Å². The number of carbonyl (C=O) groups excluding carboxylic acids is 4. The molecule has 0 radical (unpaired) electrons.